The normalized spacial score (nSPS) is 20.9. The summed E-state index contributed by atoms with van der Waals surface area (Å²) < 4.78 is 6.90. The molecule has 1 N–H and O–H groups in total. The van der Waals surface area contributed by atoms with E-state index in [-0.39, 0.29) is 6.10 Å². The Kier molecular flexibility index (Phi) is 5.54. The van der Waals surface area contributed by atoms with Crippen LogP contribution in [0, 0.1) is 3.57 Å². The van der Waals surface area contributed by atoms with Crippen LogP contribution in [0.5, 0.6) is 0 Å². The fraction of sp³-hybridized carbons (Fsp3) is 0.538. The Hall–Kier alpha value is -0.0400. The molecular formula is C13H18ClIN2O. The highest BCUT2D eigenvalue weighted by molar-refractivity contribution is 14.1. The first-order valence-corrected chi connectivity index (χ1v) is 7.67. The minimum atomic E-state index is 0.269. The number of benzene rings is 1. The SMILES string of the molecule is CCN1CCOC(CNc2ccc(Cl)cc2I)C1. The molecule has 0 aromatic heterocycles. The van der Waals surface area contributed by atoms with Gasteiger partial charge in [-0.15, -0.1) is 0 Å². The molecule has 1 fully saturated rings. The van der Waals surface area contributed by atoms with Crippen molar-refractivity contribution in [2.75, 3.05) is 38.1 Å². The quantitative estimate of drug-likeness (QED) is 0.813. The minimum Gasteiger partial charge on any atom is -0.382 e. The van der Waals surface area contributed by atoms with Gasteiger partial charge < -0.3 is 10.1 Å². The van der Waals surface area contributed by atoms with Crippen LogP contribution in [0.2, 0.25) is 5.02 Å². The first-order chi connectivity index (χ1) is 8.69. The van der Waals surface area contributed by atoms with E-state index in [0.29, 0.717) is 0 Å². The molecule has 0 bridgehead atoms. The lowest BCUT2D eigenvalue weighted by Crippen LogP contribution is -2.45. The summed E-state index contributed by atoms with van der Waals surface area (Å²) in [5.41, 5.74) is 1.12. The highest BCUT2D eigenvalue weighted by Gasteiger charge is 2.18. The van der Waals surface area contributed by atoms with E-state index in [4.69, 9.17) is 16.3 Å². The summed E-state index contributed by atoms with van der Waals surface area (Å²) in [5, 5.41) is 4.21. The van der Waals surface area contributed by atoms with Gasteiger partial charge in [0.05, 0.1) is 12.7 Å². The van der Waals surface area contributed by atoms with Gasteiger partial charge in [-0.1, -0.05) is 18.5 Å². The molecule has 1 aliphatic rings. The largest absolute Gasteiger partial charge is 0.382 e. The first-order valence-electron chi connectivity index (χ1n) is 6.22. The van der Waals surface area contributed by atoms with Crippen LogP contribution >= 0.6 is 34.2 Å². The van der Waals surface area contributed by atoms with Crippen LogP contribution in [0.15, 0.2) is 18.2 Å². The Morgan fingerprint density at radius 2 is 2.39 bits per heavy atom. The van der Waals surface area contributed by atoms with Gasteiger partial charge in [-0.3, -0.25) is 4.90 Å². The number of hydrogen-bond acceptors (Lipinski definition) is 3. The summed E-state index contributed by atoms with van der Waals surface area (Å²) in [6, 6.07) is 5.89. The van der Waals surface area contributed by atoms with Gasteiger partial charge in [-0.25, -0.2) is 0 Å². The van der Waals surface area contributed by atoms with Crippen LogP contribution in [0.3, 0.4) is 0 Å². The molecule has 1 heterocycles. The molecule has 1 aliphatic heterocycles. The summed E-state index contributed by atoms with van der Waals surface area (Å²) in [5.74, 6) is 0. The van der Waals surface area contributed by atoms with E-state index in [1.165, 1.54) is 0 Å². The van der Waals surface area contributed by atoms with Gasteiger partial charge in [0.2, 0.25) is 0 Å². The van der Waals surface area contributed by atoms with Crippen molar-refractivity contribution in [2.45, 2.75) is 13.0 Å². The summed E-state index contributed by atoms with van der Waals surface area (Å²) in [6.45, 7) is 7.02. The third kappa shape index (κ3) is 3.98. The van der Waals surface area contributed by atoms with Crippen molar-refractivity contribution in [3.05, 3.63) is 26.8 Å². The van der Waals surface area contributed by atoms with Gasteiger partial charge in [-0.2, -0.15) is 0 Å². The lowest BCUT2D eigenvalue weighted by Gasteiger charge is -2.32. The van der Waals surface area contributed by atoms with Crippen molar-refractivity contribution in [1.82, 2.24) is 4.90 Å². The second-order valence-corrected chi connectivity index (χ2v) is 5.99. The number of rotatable bonds is 4. The lowest BCUT2D eigenvalue weighted by molar-refractivity contribution is -0.0191. The Labute approximate surface area is 127 Å². The second kappa shape index (κ2) is 6.93. The monoisotopic (exact) mass is 380 g/mol. The minimum absolute atomic E-state index is 0.269. The number of nitrogens with one attached hydrogen (secondary N) is 1. The Morgan fingerprint density at radius 3 is 3.11 bits per heavy atom. The summed E-state index contributed by atoms with van der Waals surface area (Å²) >= 11 is 8.23. The predicted octanol–water partition coefficient (Wildman–Crippen LogP) is 3.08. The summed E-state index contributed by atoms with van der Waals surface area (Å²) in [4.78, 5) is 2.42. The molecule has 0 spiro atoms. The summed E-state index contributed by atoms with van der Waals surface area (Å²) in [7, 11) is 0. The van der Waals surface area contributed by atoms with E-state index in [1.54, 1.807) is 0 Å². The number of halogens is 2. The lowest BCUT2D eigenvalue weighted by atomic mass is 10.2. The number of hydrogen-bond donors (Lipinski definition) is 1. The number of ether oxygens (including phenoxy) is 1. The van der Waals surface area contributed by atoms with E-state index < -0.39 is 0 Å². The van der Waals surface area contributed by atoms with Crippen LogP contribution in [-0.4, -0.2) is 43.8 Å². The van der Waals surface area contributed by atoms with E-state index in [0.717, 1.165) is 47.1 Å². The topological polar surface area (TPSA) is 24.5 Å². The number of nitrogens with zero attached hydrogens (tertiary/aromatic N) is 1. The van der Waals surface area contributed by atoms with Gasteiger partial charge in [0.15, 0.2) is 0 Å². The molecule has 0 saturated carbocycles. The molecule has 0 aliphatic carbocycles. The van der Waals surface area contributed by atoms with Crippen LogP contribution in [-0.2, 0) is 4.74 Å². The summed E-state index contributed by atoms with van der Waals surface area (Å²) in [6.07, 6.45) is 0.269. The average Bonchev–Trinajstić information content (AvgIpc) is 2.38. The van der Waals surface area contributed by atoms with Crippen molar-refractivity contribution in [3.8, 4) is 0 Å². The smallest absolute Gasteiger partial charge is 0.0874 e. The molecule has 2 rings (SSSR count). The van der Waals surface area contributed by atoms with Gasteiger partial charge in [0, 0.05) is 33.9 Å². The van der Waals surface area contributed by atoms with Crippen LogP contribution < -0.4 is 5.32 Å². The van der Waals surface area contributed by atoms with Crippen molar-refractivity contribution in [2.24, 2.45) is 0 Å². The van der Waals surface area contributed by atoms with Gasteiger partial charge in [-0.05, 0) is 47.3 Å². The van der Waals surface area contributed by atoms with Gasteiger partial charge in [0.1, 0.15) is 0 Å². The molecule has 0 radical (unpaired) electrons. The van der Waals surface area contributed by atoms with E-state index in [1.807, 2.05) is 18.2 Å². The predicted molar refractivity (Wildman–Crippen MR) is 84.5 cm³/mol. The average molecular weight is 381 g/mol. The van der Waals surface area contributed by atoms with Gasteiger partial charge in [0.25, 0.3) is 0 Å². The third-order valence-electron chi connectivity index (χ3n) is 3.12. The molecule has 5 heteroatoms. The first kappa shape index (κ1) is 14.4. The Morgan fingerprint density at radius 1 is 1.56 bits per heavy atom. The third-order valence-corrected chi connectivity index (χ3v) is 4.25. The van der Waals surface area contributed by atoms with Crippen LogP contribution in [0.25, 0.3) is 0 Å². The maximum atomic E-state index is 5.94. The van der Waals surface area contributed by atoms with Crippen molar-refractivity contribution < 1.29 is 4.74 Å². The second-order valence-electron chi connectivity index (χ2n) is 4.39. The zero-order chi connectivity index (χ0) is 13.0. The van der Waals surface area contributed by atoms with Gasteiger partial charge >= 0.3 is 0 Å². The number of morpholine rings is 1. The maximum absolute atomic E-state index is 5.94. The Bertz CT molecular complexity index is 403. The molecular weight excluding hydrogens is 363 g/mol. The van der Waals surface area contributed by atoms with Crippen molar-refractivity contribution >= 4 is 39.9 Å². The maximum Gasteiger partial charge on any atom is 0.0874 e. The zero-order valence-corrected chi connectivity index (χ0v) is 13.4. The highest BCUT2D eigenvalue weighted by atomic mass is 127. The molecule has 3 nitrogen and oxygen atoms in total. The van der Waals surface area contributed by atoms with Crippen molar-refractivity contribution in [3.63, 3.8) is 0 Å². The molecule has 18 heavy (non-hydrogen) atoms. The molecule has 0 amide bonds. The van der Waals surface area contributed by atoms with Crippen LogP contribution in [0.1, 0.15) is 6.92 Å². The number of anilines is 1. The molecule has 1 aromatic carbocycles. The molecule has 1 atom stereocenters. The molecule has 100 valence electrons. The van der Waals surface area contributed by atoms with E-state index in [9.17, 15) is 0 Å². The fourth-order valence-corrected chi connectivity index (χ4v) is 3.11. The Balaban J connectivity index is 1.87. The zero-order valence-electron chi connectivity index (χ0n) is 10.5. The molecule has 1 aromatic rings. The fourth-order valence-electron chi connectivity index (χ4n) is 2.05. The van der Waals surface area contributed by atoms with Crippen molar-refractivity contribution in [1.29, 1.82) is 0 Å². The molecule has 1 unspecified atom stereocenters. The standard InChI is InChI=1S/C13H18ClIN2O/c1-2-17-5-6-18-11(9-17)8-16-13-4-3-10(14)7-12(13)15/h3-4,7,11,16H,2,5-6,8-9H2,1H3. The molecule has 1 saturated heterocycles. The highest BCUT2D eigenvalue weighted by Crippen LogP contribution is 2.22. The van der Waals surface area contributed by atoms with E-state index in [2.05, 4.69) is 39.7 Å². The van der Waals surface area contributed by atoms with E-state index >= 15 is 0 Å². The van der Waals surface area contributed by atoms with Crippen LogP contribution in [0.4, 0.5) is 5.69 Å². The number of likely N-dealkylation sites (N-methyl/N-ethyl adjacent to an activating group) is 1.